The highest BCUT2D eigenvalue weighted by molar-refractivity contribution is 6.01. The molecule has 0 saturated carbocycles. The molecule has 0 aliphatic rings. The van der Waals surface area contributed by atoms with Gasteiger partial charge in [0, 0.05) is 33.5 Å². The van der Waals surface area contributed by atoms with Crippen molar-refractivity contribution >= 4 is 44.3 Å². The first kappa shape index (κ1) is 15.5. The monoisotopic (exact) mass is 316 g/mol. The van der Waals surface area contributed by atoms with E-state index in [1.54, 1.807) is 0 Å². The topological polar surface area (TPSA) is 104 Å². The highest BCUT2D eigenvalue weighted by Crippen LogP contribution is 2.26. The number of nitrogen functional groups attached to an aromatic ring is 4. The maximum atomic E-state index is 5.78. The van der Waals surface area contributed by atoms with Gasteiger partial charge in [-0.25, -0.2) is 0 Å². The number of anilines is 4. The Balaban J connectivity index is 0.000000141. The first-order valence-corrected chi connectivity index (χ1v) is 7.62. The van der Waals surface area contributed by atoms with Gasteiger partial charge in [-0.2, -0.15) is 0 Å². The van der Waals surface area contributed by atoms with Crippen LogP contribution in [0.3, 0.4) is 0 Å². The molecule has 4 aromatic rings. The summed E-state index contributed by atoms with van der Waals surface area (Å²) in [5, 5.41) is 4.21. The predicted octanol–water partition coefficient (Wildman–Crippen LogP) is 4.01. The predicted molar refractivity (Wildman–Crippen MR) is 106 cm³/mol. The third kappa shape index (κ3) is 3.03. The molecule has 0 unspecified atom stereocenters. The van der Waals surface area contributed by atoms with Crippen molar-refractivity contribution < 1.29 is 0 Å². The quantitative estimate of drug-likeness (QED) is 0.368. The molecule has 0 amide bonds. The Hall–Kier alpha value is -3.40. The molecule has 0 saturated heterocycles. The second-order valence-electron chi connectivity index (χ2n) is 5.62. The molecule has 120 valence electrons. The zero-order valence-electron chi connectivity index (χ0n) is 13.2. The number of nitrogens with two attached hydrogens (primary N) is 4. The van der Waals surface area contributed by atoms with Gasteiger partial charge in [0.15, 0.2) is 0 Å². The molecule has 0 bridgehead atoms. The van der Waals surface area contributed by atoms with Crippen molar-refractivity contribution in [3.63, 3.8) is 0 Å². The van der Waals surface area contributed by atoms with Crippen LogP contribution in [-0.2, 0) is 0 Å². The summed E-state index contributed by atoms with van der Waals surface area (Å²) in [5.41, 5.74) is 26.0. The van der Waals surface area contributed by atoms with Gasteiger partial charge < -0.3 is 22.9 Å². The Morgan fingerprint density at radius 3 is 1.62 bits per heavy atom. The summed E-state index contributed by atoms with van der Waals surface area (Å²) in [6.07, 6.45) is 0. The lowest BCUT2D eigenvalue weighted by atomic mass is 10.1. The first-order chi connectivity index (χ1) is 11.6. The summed E-state index contributed by atoms with van der Waals surface area (Å²) >= 11 is 0. The van der Waals surface area contributed by atoms with Gasteiger partial charge in [-0.3, -0.25) is 0 Å². The summed E-state index contributed by atoms with van der Waals surface area (Å²) in [6, 6.07) is 23.1. The van der Waals surface area contributed by atoms with Crippen molar-refractivity contribution in [2.75, 3.05) is 22.9 Å². The highest BCUT2D eigenvalue weighted by atomic mass is 14.6. The maximum Gasteiger partial charge on any atom is 0.0414 e. The van der Waals surface area contributed by atoms with Crippen molar-refractivity contribution in [2.45, 2.75) is 0 Å². The summed E-state index contributed by atoms with van der Waals surface area (Å²) < 4.78 is 0. The molecule has 0 aromatic heterocycles. The van der Waals surface area contributed by atoms with Crippen LogP contribution in [0.4, 0.5) is 22.7 Å². The maximum absolute atomic E-state index is 5.78. The second kappa shape index (κ2) is 6.38. The minimum Gasteiger partial charge on any atom is -0.399 e. The van der Waals surface area contributed by atoms with E-state index in [2.05, 4.69) is 0 Å². The van der Waals surface area contributed by atoms with Crippen molar-refractivity contribution in [3.8, 4) is 0 Å². The fourth-order valence-corrected chi connectivity index (χ4v) is 2.73. The summed E-state index contributed by atoms with van der Waals surface area (Å²) in [6.45, 7) is 0. The van der Waals surface area contributed by atoms with Crippen LogP contribution in [-0.4, -0.2) is 0 Å². The number of fused-ring (bicyclic) bond motifs is 2. The third-order valence-electron chi connectivity index (χ3n) is 3.91. The largest absolute Gasteiger partial charge is 0.399 e. The zero-order chi connectivity index (χ0) is 17.1. The fourth-order valence-electron chi connectivity index (χ4n) is 2.73. The van der Waals surface area contributed by atoms with Gasteiger partial charge in [0.1, 0.15) is 0 Å². The van der Waals surface area contributed by atoms with E-state index in [1.165, 1.54) is 0 Å². The van der Waals surface area contributed by atoms with Gasteiger partial charge in [-0.15, -0.1) is 0 Å². The van der Waals surface area contributed by atoms with Crippen LogP contribution < -0.4 is 22.9 Å². The Bertz CT molecular complexity index is 964. The van der Waals surface area contributed by atoms with Crippen LogP contribution in [0.5, 0.6) is 0 Å². The standard InChI is InChI=1S/2C10H10N2/c11-8-5-1-3-7-4-2-6-9(12)10(7)8;11-8-4-5-9-7(6-8)2-1-3-10(9)12/h2*1-6H,11-12H2. The molecule has 4 heteroatoms. The van der Waals surface area contributed by atoms with Gasteiger partial charge in [-0.05, 0) is 41.1 Å². The molecular formula is C20H20N4. The Kier molecular flexibility index (Phi) is 4.12. The van der Waals surface area contributed by atoms with Crippen LogP contribution in [0, 0.1) is 0 Å². The van der Waals surface area contributed by atoms with E-state index >= 15 is 0 Å². The lowest BCUT2D eigenvalue weighted by Gasteiger charge is -2.03. The Morgan fingerprint density at radius 2 is 1.04 bits per heavy atom. The average molecular weight is 316 g/mol. The van der Waals surface area contributed by atoms with Crippen molar-refractivity contribution in [1.82, 2.24) is 0 Å². The summed E-state index contributed by atoms with van der Waals surface area (Å²) in [7, 11) is 0. The van der Waals surface area contributed by atoms with Gasteiger partial charge in [0.2, 0.25) is 0 Å². The zero-order valence-corrected chi connectivity index (χ0v) is 13.2. The molecule has 0 fully saturated rings. The molecule has 0 radical (unpaired) electrons. The number of hydrogen-bond acceptors (Lipinski definition) is 4. The van der Waals surface area contributed by atoms with Crippen molar-refractivity contribution in [2.24, 2.45) is 0 Å². The van der Waals surface area contributed by atoms with E-state index in [9.17, 15) is 0 Å². The summed E-state index contributed by atoms with van der Waals surface area (Å²) in [4.78, 5) is 0. The summed E-state index contributed by atoms with van der Waals surface area (Å²) in [5.74, 6) is 0. The van der Waals surface area contributed by atoms with Crippen LogP contribution in [0.2, 0.25) is 0 Å². The molecule has 4 rings (SSSR count). The van der Waals surface area contributed by atoms with Crippen LogP contribution >= 0.6 is 0 Å². The smallest absolute Gasteiger partial charge is 0.0414 e. The number of rotatable bonds is 0. The number of benzene rings is 4. The van der Waals surface area contributed by atoms with Crippen LogP contribution in [0.25, 0.3) is 21.5 Å². The van der Waals surface area contributed by atoms with E-state index < -0.39 is 0 Å². The molecule has 0 atom stereocenters. The molecule has 0 heterocycles. The minimum atomic E-state index is 0.741. The minimum absolute atomic E-state index is 0.741. The highest BCUT2D eigenvalue weighted by Gasteiger charge is 1.99. The fraction of sp³-hybridized carbons (Fsp3) is 0. The van der Waals surface area contributed by atoms with E-state index in [1.807, 2.05) is 72.8 Å². The van der Waals surface area contributed by atoms with E-state index in [4.69, 9.17) is 22.9 Å². The third-order valence-corrected chi connectivity index (χ3v) is 3.91. The Labute approximate surface area is 140 Å². The lowest BCUT2D eigenvalue weighted by Crippen LogP contribution is -1.91. The molecular weight excluding hydrogens is 296 g/mol. The van der Waals surface area contributed by atoms with Gasteiger partial charge in [0.25, 0.3) is 0 Å². The molecule has 0 aliphatic heterocycles. The SMILES string of the molecule is Nc1ccc2c(N)cccc2c1.Nc1cccc2cccc(N)c12. The second-order valence-corrected chi connectivity index (χ2v) is 5.62. The number of hydrogen-bond donors (Lipinski definition) is 4. The first-order valence-electron chi connectivity index (χ1n) is 7.62. The Morgan fingerprint density at radius 1 is 0.500 bits per heavy atom. The molecule has 4 nitrogen and oxygen atoms in total. The molecule has 0 spiro atoms. The normalized spacial score (nSPS) is 10.3. The van der Waals surface area contributed by atoms with E-state index in [-0.39, 0.29) is 0 Å². The van der Waals surface area contributed by atoms with E-state index in [0.29, 0.717) is 0 Å². The van der Waals surface area contributed by atoms with Gasteiger partial charge in [0.05, 0.1) is 0 Å². The molecule has 0 aliphatic carbocycles. The van der Waals surface area contributed by atoms with Crippen LogP contribution in [0.15, 0.2) is 72.8 Å². The molecule has 4 aromatic carbocycles. The van der Waals surface area contributed by atoms with Crippen molar-refractivity contribution in [3.05, 3.63) is 72.8 Å². The van der Waals surface area contributed by atoms with Gasteiger partial charge in [-0.1, -0.05) is 42.5 Å². The average Bonchev–Trinajstić information content (AvgIpc) is 2.56. The van der Waals surface area contributed by atoms with Gasteiger partial charge >= 0.3 is 0 Å². The van der Waals surface area contributed by atoms with Crippen LogP contribution in [0.1, 0.15) is 0 Å². The van der Waals surface area contributed by atoms with Crippen molar-refractivity contribution in [1.29, 1.82) is 0 Å². The lowest BCUT2D eigenvalue weighted by molar-refractivity contribution is 1.71. The molecule has 8 N–H and O–H groups in total. The molecule has 24 heavy (non-hydrogen) atoms. The van der Waals surface area contributed by atoms with E-state index in [0.717, 1.165) is 44.3 Å².